The lowest BCUT2D eigenvalue weighted by atomic mass is 10.1. The fourth-order valence-electron chi connectivity index (χ4n) is 1.71. The van der Waals surface area contributed by atoms with E-state index in [2.05, 4.69) is 4.98 Å². The Kier molecular flexibility index (Phi) is 2.59. The first kappa shape index (κ1) is 11.5. The van der Waals surface area contributed by atoms with Crippen LogP contribution < -0.4 is 0 Å². The molecule has 0 radical (unpaired) electrons. The number of fused-ring (bicyclic) bond motifs is 1. The minimum atomic E-state index is -0.852. The zero-order chi connectivity index (χ0) is 12.6. The van der Waals surface area contributed by atoms with E-state index in [-0.39, 0.29) is 5.69 Å². The Morgan fingerprint density at radius 1 is 1.53 bits per heavy atom. The van der Waals surface area contributed by atoms with Crippen molar-refractivity contribution in [1.82, 2.24) is 9.55 Å². The molecule has 0 unspecified atom stereocenters. The van der Waals surface area contributed by atoms with E-state index in [1.54, 1.807) is 30.8 Å². The number of nitro benzene ring substituents is 1. The molecular weight excluding hydrogens is 222 g/mol. The summed E-state index contributed by atoms with van der Waals surface area (Å²) in [5.41, 5.74) is 0.502. The standard InChI is InChI=1S/C11H13N3O3/c1-11(2,15)6-13-7-12-9-5-8(14(16)17)3-4-10(9)13/h3-5,7,15H,6H2,1-2H3. The molecule has 2 rings (SSSR count). The van der Waals surface area contributed by atoms with E-state index in [4.69, 9.17) is 0 Å². The molecule has 1 heterocycles. The van der Waals surface area contributed by atoms with E-state index >= 15 is 0 Å². The first-order chi connectivity index (χ1) is 7.87. The summed E-state index contributed by atoms with van der Waals surface area (Å²) >= 11 is 0. The molecule has 6 heteroatoms. The summed E-state index contributed by atoms with van der Waals surface area (Å²) in [5, 5.41) is 20.3. The zero-order valence-electron chi connectivity index (χ0n) is 9.62. The maximum Gasteiger partial charge on any atom is 0.271 e. The summed E-state index contributed by atoms with van der Waals surface area (Å²) in [6, 6.07) is 4.51. The Hall–Kier alpha value is -1.95. The van der Waals surface area contributed by atoms with Crippen LogP contribution in [0.2, 0.25) is 0 Å². The van der Waals surface area contributed by atoms with Crippen LogP contribution in [0.4, 0.5) is 5.69 Å². The van der Waals surface area contributed by atoms with Crippen molar-refractivity contribution in [2.24, 2.45) is 0 Å². The molecule has 1 aromatic carbocycles. The molecule has 0 saturated carbocycles. The number of hydrogen-bond donors (Lipinski definition) is 1. The molecule has 0 atom stereocenters. The van der Waals surface area contributed by atoms with Crippen LogP contribution in [0.1, 0.15) is 13.8 Å². The van der Waals surface area contributed by atoms with E-state index in [1.807, 2.05) is 0 Å². The third kappa shape index (κ3) is 2.42. The summed E-state index contributed by atoms with van der Waals surface area (Å²) in [6.07, 6.45) is 1.58. The molecule has 0 spiro atoms. The molecule has 6 nitrogen and oxygen atoms in total. The molecule has 1 N–H and O–H groups in total. The number of hydrogen-bond acceptors (Lipinski definition) is 4. The van der Waals surface area contributed by atoms with Gasteiger partial charge < -0.3 is 9.67 Å². The van der Waals surface area contributed by atoms with Crippen LogP contribution >= 0.6 is 0 Å². The summed E-state index contributed by atoms with van der Waals surface area (Å²) in [4.78, 5) is 14.3. The quantitative estimate of drug-likeness (QED) is 0.648. The van der Waals surface area contributed by atoms with Crippen LogP contribution in [0, 0.1) is 10.1 Å². The van der Waals surface area contributed by atoms with Crippen LogP contribution in [0.5, 0.6) is 0 Å². The number of non-ortho nitro benzene ring substituents is 1. The van der Waals surface area contributed by atoms with Crippen molar-refractivity contribution in [1.29, 1.82) is 0 Å². The fourth-order valence-corrected chi connectivity index (χ4v) is 1.71. The normalized spacial score (nSPS) is 11.9. The van der Waals surface area contributed by atoms with Crippen molar-refractivity contribution in [2.75, 3.05) is 0 Å². The van der Waals surface area contributed by atoms with E-state index < -0.39 is 10.5 Å². The average molecular weight is 235 g/mol. The van der Waals surface area contributed by atoms with Gasteiger partial charge in [-0.1, -0.05) is 0 Å². The number of imidazole rings is 1. The van der Waals surface area contributed by atoms with Gasteiger partial charge in [-0.2, -0.15) is 0 Å². The summed E-state index contributed by atoms with van der Waals surface area (Å²) < 4.78 is 1.78. The molecule has 0 bridgehead atoms. The molecule has 0 aliphatic rings. The summed E-state index contributed by atoms with van der Waals surface area (Å²) in [6.45, 7) is 3.79. The van der Waals surface area contributed by atoms with Gasteiger partial charge in [-0.05, 0) is 19.9 Å². The van der Waals surface area contributed by atoms with Crippen molar-refractivity contribution in [2.45, 2.75) is 26.0 Å². The van der Waals surface area contributed by atoms with E-state index in [9.17, 15) is 15.2 Å². The van der Waals surface area contributed by atoms with Crippen molar-refractivity contribution in [3.8, 4) is 0 Å². The van der Waals surface area contributed by atoms with Gasteiger partial charge in [-0.3, -0.25) is 10.1 Å². The molecule has 0 saturated heterocycles. The van der Waals surface area contributed by atoms with Gasteiger partial charge in [0, 0.05) is 12.1 Å². The second-order valence-electron chi connectivity index (χ2n) is 4.62. The number of aromatic nitrogens is 2. The van der Waals surface area contributed by atoms with Gasteiger partial charge in [-0.15, -0.1) is 0 Å². The molecule has 0 aliphatic heterocycles. The molecular formula is C11H13N3O3. The molecule has 2 aromatic rings. The Morgan fingerprint density at radius 3 is 2.82 bits per heavy atom. The van der Waals surface area contributed by atoms with Gasteiger partial charge in [0.05, 0.1) is 34.4 Å². The fraction of sp³-hybridized carbons (Fsp3) is 0.364. The van der Waals surface area contributed by atoms with Gasteiger partial charge in [0.15, 0.2) is 0 Å². The van der Waals surface area contributed by atoms with Crippen molar-refractivity contribution >= 4 is 16.7 Å². The number of nitro groups is 1. The van der Waals surface area contributed by atoms with Crippen molar-refractivity contribution in [3.05, 3.63) is 34.6 Å². The Balaban J connectivity index is 2.45. The van der Waals surface area contributed by atoms with Crippen LogP contribution in [-0.4, -0.2) is 25.2 Å². The molecule has 1 aromatic heterocycles. The molecule has 17 heavy (non-hydrogen) atoms. The second-order valence-corrected chi connectivity index (χ2v) is 4.62. The third-order valence-corrected chi connectivity index (χ3v) is 2.37. The maximum atomic E-state index is 10.6. The average Bonchev–Trinajstić information content (AvgIpc) is 2.58. The predicted octanol–water partition coefficient (Wildman–Crippen LogP) is 1.72. The first-order valence-electron chi connectivity index (χ1n) is 5.18. The maximum absolute atomic E-state index is 10.6. The topological polar surface area (TPSA) is 81.2 Å². The first-order valence-corrected chi connectivity index (χ1v) is 5.18. The van der Waals surface area contributed by atoms with Gasteiger partial charge in [0.25, 0.3) is 5.69 Å². The van der Waals surface area contributed by atoms with Crippen LogP contribution in [0.15, 0.2) is 24.5 Å². The number of nitrogens with zero attached hydrogens (tertiary/aromatic N) is 3. The Morgan fingerprint density at radius 2 is 2.24 bits per heavy atom. The molecule has 0 fully saturated rings. The smallest absolute Gasteiger partial charge is 0.271 e. The zero-order valence-corrected chi connectivity index (χ0v) is 9.62. The number of rotatable bonds is 3. The Bertz CT molecular complexity index is 569. The second kappa shape index (κ2) is 3.81. The highest BCUT2D eigenvalue weighted by atomic mass is 16.6. The summed E-state index contributed by atoms with van der Waals surface area (Å²) in [5.74, 6) is 0. The SMILES string of the molecule is CC(C)(O)Cn1cnc2cc([N+](=O)[O-])ccc21. The highest BCUT2D eigenvalue weighted by molar-refractivity contribution is 5.77. The number of benzene rings is 1. The van der Waals surface area contributed by atoms with Crippen molar-refractivity contribution < 1.29 is 10.0 Å². The van der Waals surface area contributed by atoms with E-state index in [0.717, 1.165) is 5.52 Å². The minimum Gasteiger partial charge on any atom is -0.389 e. The van der Waals surface area contributed by atoms with Crippen molar-refractivity contribution in [3.63, 3.8) is 0 Å². The highest BCUT2D eigenvalue weighted by Crippen LogP contribution is 2.21. The lowest BCUT2D eigenvalue weighted by Gasteiger charge is -2.17. The highest BCUT2D eigenvalue weighted by Gasteiger charge is 2.16. The minimum absolute atomic E-state index is 0.0195. The predicted molar refractivity (Wildman–Crippen MR) is 62.7 cm³/mol. The van der Waals surface area contributed by atoms with Crippen LogP contribution in [-0.2, 0) is 6.54 Å². The Labute approximate surface area is 97.7 Å². The van der Waals surface area contributed by atoms with Gasteiger partial charge in [0.2, 0.25) is 0 Å². The lowest BCUT2D eigenvalue weighted by molar-refractivity contribution is -0.384. The van der Waals surface area contributed by atoms with Crippen LogP contribution in [0.25, 0.3) is 11.0 Å². The van der Waals surface area contributed by atoms with Gasteiger partial charge in [0.1, 0.15) is 0 Å². The van der Waals surface area contributed by atoms with E-state index in [1.165, 1.54) is 12.1 Å². The molecule has 90 valence electrons. The van der Waals surface area contributed by atoms with E-state index in [0.29, 0.717) is 12.1 Å². The largest absolute Gasteiger partial charge is 0.389 e. The number of aliphatic hydroxyl groups is 1. The third-order valence-electron chi connectivity index (χ3n) is 2.37. The summed E-state index contributed by atoms with van der Waals surface area (Å²) in [7, 11) is 0. The lowest BCUT2D eigenvalue weighted by Crippen LogP contribution is -2.25. The van der Waals surface area contributed by atoms with Crippen LogP contribution in [0.3, 0.4) is 0 Å². The monoisotopic (exact) mass is 235 g/mol. The van der Waals surface area contributed by atoms with Gasteiger partial charge >= 0.3 is 0 Å². The molecule has 0 amide bonds. The molecule has 0 aliphatic carbocycles. The van der Waals surface area contributed by atoms with Gasteiger partial charge in [-0.25, -0.2) is 4.98 Å².